The topological polar surface area (TPSA) is 90.1 Å². The number of anilines is 1. The van der Waals surface area contributed by atoms with Crippen molar-refractivity contribution in [3.8, 4) is 5.69 Å². The van der Waals surface area contributed by atoms with Gasteiger partial charge in [0.15, 0.2) is 0 Å². The number of benzene rings is 2. The van der Waals surface area contributed by atoms with Gasteiger partial charge in [0.25, 0.3) is 11.6 Å². The van der Waals surface area contributed by atoms with E-state index >= 15 is 0 Å². The number of non-ortho nitro benzene ring substituents is 1. The molecule has 114 valence electrons. The Morgan fingerprint density at radius 2 is 1.91 bits per heavy atom. The SMILES string of the molecule is O=C(Nc1cccc([N+](=O)[O-])c1)c1cnn(-c2ccccc2)c1. The minimum Gasteiger partial charge on any atom is -0.322 e. The highest BCUT2D eigenvalue weighted by Crippen LogP contribution is 2.18. The predicted octanol–water partition coefficient (Wildman–Crippen LogP) is 3.03. The fraction of sp³-hybridized carbons (Fsp3) is 0. The van der Waals surface area contributed by atoms with Crippen LogP contribution in [-0.2, 0) is 0 Å². The van der Waals surface area contributed by atoms with E-state index in [-0.39, 0.29) is 11.6 Å². The number of amides is 1. The van der Waals surface area contributed by atoms with Gasteiger partial charge in [0.1, 0.15) is 0 Å². The van der Waals surface area contributed by atoms with Crippen molar-refractivity contribution >= 4 is 17.3 Å². The highest BCUT2D eigenvalue weighted by atomic mass is 16.6. The van der Waals surface area contributed by atoms with Crippen LogP contribution in [0.1, 0.15) is 10.4 Å². The van der Waals surface area contributed by atoms with Crippen molar-refractivity contribution in [2.45, 2.75) is 0 Å². The number of nitro benzene ring substituents is 1. The summed E-state index contributed by atoms with van der Waals surface area (Å²) in [6.07, 6.45) is 3.04. The summed E-state index contributed by atoms with van der Waals surface area (Å²) in [6, 6.07) is 15.2. The zero-order valence-corrected chi connectivity index (χ0v) is 11.9. The van der Waals surface area contributed by atoms with Crippen LogP contribution < -0.4 is 5.32 Å². The van der Waals surface area contributed by atoms with E-state index in [0.717, 1.165) is 5.69 Å². The molecule has 0 unspecified atom stereocenters. The molecule has 0 saturated carbocycles. The van der Waals surface area contributed by atoms with Crippen molar-refractivity contribution in [3.63, 3.8) is 0 Å². The van der Waals surface area contributed by atoms with Gasteiger partial charge in [-0.3, -0.25) is 14.9 Å². The first-order valence-electron chi connectivity index (χ1n) is 6.79. The summed E-state index contributed by atoms with van der Waals surface area (Å²) < 4.78 is 1.59. The highest BCUT2D eigenvalue weighted by Gasteiger charge is 2.12. The quantitative estimate of drug-likeness (QED) is 0.592. The van der Waals surface area contributed by atoms with Crippen LogP contribution in [0.2, 0.25) is 0 Å². The second kappa shape index (κ2) is 6.10. The molecule has 0 radical (unpaired) electrons. The van der Waals surface area contributed by atoms with Gasteiger partial charge >= 0.3 is 0 Å². The summed E-state index contributed by atoms with van der Waals surface area (Å²) in [5.74, 6) is -0.382. The minimum atomic E-state index is -0.511. The first-order chi connectivity index (χ1) is 11.1. The molecule has 0 saturated heterocycles. The van der Waals surface area contributed by atoms with Crippen LogP contribution in [0.3, 0.4) is 0 Å². The lowest BCUT2D eigenvalue weighted by Gasteiger charge is -2.03. The third-order valence-electron chi connectivity index (χ3n) is 3.18. The molecule has 0 aliphatic heterocycles. The number of carbonyl (C=O) groups is 1. The van der Waals surface area contributed by atoms with Crippen LogP contribution in [0, 0.1) is 10.1 Å². The zero-order valence-electron chi connectivity index (χ0n) is 11.9. The van der Waals surface area contributed by atoms with E-state index in [9.17, 15) is 14.9 Å². The summed E-state index contributed by atoms with van der Waals surface area (Å²) in [5, 5.41) is 17.5. The maximum absolute atomic E-state index is 12.2. The third-order valence-corrected chi connectivity index (χ3v) is 3.18. The van der Waals surface area contributed by atoms with Gasteiger partial charge in [0, 0.05) is 24.0 Å². The normalized spacial score (nSPS) is 10.3. The molecule has 23 heavy (non-hydrogen) atoms. The first kappa shape index (κ1) is 14.5. The number of hydrogen-bond acceptors (Lipinski definition) is 4. The average molecular weight is 308 g/mol. The van der Waals surface area contributed by atoms with Gasteiger partial charge in [0.2, 0.25) is 0 Å². The molecule has 0 spiro atoms. The number of nitrogens with zero attached hydrogens (tertiary/aromatic N) is 3. The molecule has 7 nitrogen and oxygen atoms in total. The van der Waals surface area contributed by atoms with Gasteiger partial charge < -0.3 is 5.32 Å². The number of rotatable bonds is 4. The van der Waals surface area contributed by atoms with E-state index in [1.54, 1.807) is 16.9 Å². The van der Waals surface area contributed by atoms with Crippen molar-refractivity contribution in [2.75, 3.05) is 5.32 Å². The van der Waals surface area contributed by atoms with Crippen LogP contribution in [-0.4, -0.2) is 20.6 Å². The van der Waals surface area contributed by atoms with Gasteiger partial charge in [-0.15, -0.1) is 0 Å². The number of para-hydroxylation sites is 1. The Bertz CT molecular complexity index is 859. The zero-order chi connectivity index (χ0) is 16.2. The van der Waals surface area contributed by atoms with Crippen molar-refractivity contribution in [2.24, 2.45) is 0 Å². The molecule has 0 bridgehead atoms. The van der Waals surface area contributed by atoms with Gasteiger partial charge in [-0.1, -0.05) is 24.3 Å². The van der Waals surface area contributed by atoms with Gasteiger partial charge in [-0.05, 0) is 18.2 Å². The van der Waals surface area contributed by atoms with E-state index in [1.165, 1.54) is 24.4 Å². The van der Waals surface area contributed by atoms with Gasteiger partial charge in [-0.25, -0.2) is 4.68 Å². The third kappa shape index (κ3) is 3.24. The fourth-order valence-electron chi connectivity index (χ4n) is 2.06. The number of hydrogen-bond donors (Lipinski definition) is 1. The molecule has 1 N–H and O–H groups in total. The average Bonchev–Trinajstić information content (AvgIpc) is 3.06. The Morgan fingerprint density at radius 3 is 2.65 bits per heavy atom. The molecule has 1 aromatic heterocycles. The van der Waals surface area contributed by atoms with Crippen molar-refractivity contribution in [3.05, 3.63) is 82.7 Å². The first-order valence-corrected chi connectivity index (χ1v) is 6.79. The Balaban J connectivity index is 1.78. The number of aromatic nitrogens is 2. The van der Waals surface area contributed by atoms with Gasteiger partial charge in [0.05, 0.1) is 22.4 Å². The lowest BCUT2D eigenvalue weighted by molar-refractivity contribution is -0.384. The Hall–Kier alpha value is -3.48. The van der Waals surface area contributed by atoms with Gasteiger partial charge in [-0.2, -0.15) is 5.10 Å². The Kier molecular flexibility index (Phi) is 3.84. The largest absolute Gasteiger partial charge is 0.322 e. The minimum absolute atomic E-state index is 0.0808. The fourth-order valence-corrected chi connectivity index (χ4v) is 2.06. The molecule has 2 aromatic carbocycles. The van der Waals surface area contributed by atoms with Crippen LogP contribution >= 0.6 is 0 Å². The highest BCUT2D eigenvalue weighted by molar-refractivity contribution is 6.04. The molecule has 3 rings (SSSR count). The second-order valence-electron chi connectivity index (χ2n) is 4.77. The van der Waals surface area contributed by atoms with Crippen LogP contribution in [0.4, 0.5) is 11.4 Å². The number of nitrogens with one attached hydrogen (secondary N) is 1. The number of carbonyl (C=O) groups excluding carboxylic acids is 1. The molecular weight excluding hydrogens is 296 g/mol. The van der Waals surface area contributed by atoms with Crippen LogP contribution in [0.25, 0.3) is 5.69 Å². The standard InChI is InChI=1S/C16H12N4O3/c21-16(18-13-5-4-8-15(9-13)20(22)23)12-10-17-19(11-12)14-6-2-1-3-7-14/h1-11H,(H,18,21). The maximum atomic E-state index is 12.2. The molecule has 3 aromatic rings. The molecule has 0 fully saturated rings. The van der Waals surface area contributed by atoms with E-state index in [4.69, 9.17) is 0 Å². The molecular formula is C16H12N4O3. The molecule has 0 atom stereocenters. The van der Waals surface area contributed by atoms with E-state index < -0.39 is 4.92 Å². The smallest absolute Gasteiger partial charge is 0.271 e. The molecule has 0 aliphatic carbocycles. The van der Waals surface area contributed by atoms with Crippen molar-refractivity contribution in [1.29, 1.82) is 0 Å². The Morgan fingerprint density at radius 1 is 1.13 bits per heavy atom. The summed E-state index contributed by atoms with van der Waals surface area (Å²) in [6.45, 7) is 0. The maximum Gasteiger partial charge on any atom is 0.271 e. The molecule has 1 heterocycles. The van der Waals surface area contributed by atoms with Crippen LogP contribution in [0.15, 0.2) is 67.0 Å². The predicted molar refractivity (Wildman–Crippen MR) is 84.6 cm³/mol. The van der Waals surface area contributed by atoms with E-state index in [1.807, 2.05) is 30.3 Å². The molecule has 1 amide bonds. The molecule has 0 aliphatic rings. The van der Waals surface area contributed by atoms with Crippen LogP contribution in [0.5, 0.6) is 0 Å². The monoisotopic (exact) mass is 308 g/mol. The summed E-state index contributed by atoms with van der Waals surface area (Å²) >= 11 is 0. The lowest BCUT2D eigenvalue weighted by atomic mass is 10.2. The van der Waals surface area contributed by atoms with Crippen molar-refractivity contribution < 1.29 is 9.72 Å². The number of nitro groups is 1. The van der Waals surface area contributed by atoms with E-state index in [2.05, 4.69) is 10.4 Å². The van der Waals surface area contributed by atoms with Crippen molar-refractivity contribution in [1.82, 2.24) is 9.78 Å². The second-order valence-corrected chi connectivity index (χ2v) is 4.77. The molecule has 7 heteroatoms. The summed E-state index contributed by atoms with van der Waals surface area (Å²) in [7, 11) is 0. The summed E-state index contributed by atoms with van der Waals surface area (Å²) in [4.78, 5) is 22.4. The lowest BCUT2D eigenvalue weighted by Crippen LogP contribution is -2.11. The van der Waals surface area contributed by atoms with E-state index in [0.29, 0.717) is 11.3 Å². The summed E-state index contributed by atoms with van der Waals surface area (Å²) in [5.41, 5.74) is 1.47. The Labute approximate surface area is 131 Å².